The summed E-state index contributed by atoms with van der Waals surface area (Å²) in [4.78, 5) is 0. The molecule has 0 amide bonds. The van der Waals surface area contributed by atoms with E-state index in [2.05, 4.69) is 61.9 Å². The number of benzene rings is 2. The molecule has 5 rings (SSSR count). The third-order valence-corrected chi connectivity index (χ3v) is 7.84. The molecule has 0 saturated heterocycles. The summed E-state index contributed by atoms with van der Waals surface area (Å²) in [6, 6.07) is 14.7. The van der Waals surface area contributed by atoms with Crippen molar-refractivity contribution in [1.29, 1.82) is 0 Å². The minimum absolute atomic E-state index is 0.680. The number of aromatic nitrogens is 1. The van der Waals surface area contributed by atoms with E-state index in [0.29, 0.717) is 12.0 Å². The Kier molecular flexibility index (Phi) is 5.07. The van der Waals surface area contributed by atoms with Gasteiger partial charge in [0.25, 0.3) is 0 Å². The lowest BCUT2D eigenvalue weighted by Gasteiger charge is -2.15. The van der Waals surface area contributed by atoms with E-state index >= 15 is 0 Å². The molecule has 0 N–H and O–H groups in total. The summed E-state index contributed by atoms with van der Waals surface area (Å²) in [5, 5.41) is 2.34. The third-order valence-electron chi connectivity index (χ3n) is 7.84. The molecule has 2 saturated carbocycles. The van der Waals surface area contributed by atoms with Gasteiger partial charge in [0.1, 0.15) is 7.05 Å². The van der Waals surface area contributed by atoms with Crippen LogP contribution in [0.4, 0.5) is 0 Å². The van der Waals surface area contributed by atoms with Crippen molar-refractivity contribution in [2.24, 2.45) is 13.0 Å². The first kappa shape index (κ1) is 18.6. The Hall–Kier alpha value is -2.15. The molecule has 1 heteroatoms. The number of rotatable bonds is 4. The maximum absolute atomic E-state index is 8.88. The van der Waals surface area contributed by atoms with Crippen LogP contribution in [0.5, 0.6) is 0 Å². The highest BCUT2D eigenvalue weighted by Gasteiger charge is 2.23. The van der Waals surface area contributed by atoms with Gasteiger partial charge < -0.3 is 0 Å². The lowest BCUT2D eigenvalue weighted by molar-refractivity contribution is -0.665. The molecular formula is C29H36N+. The van der Waals surface area contributed by atoms with Crippen LogP contribution < -0.4 is 4.57 Å². The van der Waals surface area contributed by atoms with E-state index in [9.17, 15) is 0 Å². The Bertz CT molecular complexity index is 1120. The summed E-state index contributed by atoms with van der Waals surface area (Å²) in [6.07, 6.45) is 12.0. The average Bonchev–Trinajstić information content (AvgIpc) is 3.48. The monoisotopic (exact) mass is 399 g/mol. The van der Waals surface area contributed by atoms with Gasteiger partial charge in [0.05, 0.1) is 6.76 Å². The van der Waals surface area contributed by atoms with Crippen molar-refractivity contribution < 1.29 is 5.94 Å². The van der Waals surface area contributed by atoms with E-state index in [-0.39, 0.29) is 0 Å². The predicted octanol–water partition coefficient (Wildman–Crippen LogP) is 7.34. The fraction of sp³-hybridized carbons (Fsp3) is 0.483. The Balaban J connectivity index is 1.65. The van der Waals surface area contributed by atoms with E-state index in [0.717, 1.165) is 17.0 Å². The second kappa shape index (κ2) is 8.17. The van der Waals surface area contributed by atoms with Crippen molar-refractivity contribution in [2.45, 2.75) is 77.6 Å². The summed E-state index contributed by atoms with van der Waals surface area (Å²) in [7, 11) is 2.14. The predicted molar refractivity (Wildman–Crippen MR) is 127 cm³/mol. The van der Waals surface area contributed by atoms with Crippen LogP contribution in [0.3, 0.4) is 0 Å². The van der Waals surface area contributed by atoms with E-state index in [4.69, 9.17) is 1.37 Å². The topological polar surface area (TPSA) is 3.88 Å². The second-order valence-corrected chi connectivity index (χ2v) is 9.91. The molecule has 156 valence electrons. The van der Waals surface area contributed by atoms with Crippen LogP contribution in [0.25, 0.3) is 22.0 Å². The fourth-order valence-electron chi connectivity index (χ4n) is 5.94. The molecule has 0 radical (unpaired) electrons. The molecule has 1 aromatic heterocycles. The SMILES string of the molecule is [2H]c1c(C)[n+](C)c(-c2cc(C3CCCC3)ccc2C)c2ccc(CC3CCCC3)cc12. The molecule has 30 heavy (non-hydrogen) atoms. The first-order valence-electron chi connectivity index (χ1n) is 12.6. The molecule has 2 fully saturated rings. The van der Waals surface area contributed by atoms with E-state index in [1.54, 1.807) is 0 Å². The molecule has 0 aliphatic heterocycles. The fourth-order valence-corrected chi connectivity index (χ4v) is 5.94. The Morgan fingerprint density at radius 1 is 0.933 bits per heavy atom. The summed E-state index contributed by atoms with van der Waals surface area (Å²) in [6.45, 7) is 4.34. The first-order chi connectivity index (χ1) is 15.0. The standard InChI is InChI=1S/C29H36N/c1-20-12-14-25(24-10-6-7-11-24)19-28(20)29-27-15-13-23(17-22-8-4-5-9-22)18-26(27)16-21(2)30(29)3/h12-16,18-19,22,24H,4-11,17H2,1-3H3/q+1/i16D. The van der Waals surface area contributed by atoms with Crippen molar-refractivity contribution in [3.05, 3.63) is 64.8 Å². The van der Waals surface area contributed by atoms with Crippen molar-refractivity contribution >= 4 is 10.8 Å². The zero-order chi connectivity index (χ0) is 21.5. The Morgan fingerprint density at radius 2 is 1.67 bits per heavy atom. The quantitative estimate of drug-likeness (QED) is 0.404. The maximum Gasteiger partial charge on any atom is 0.220 e. The Labute approximate surface area is 183 Å². The van der Waals surface area contributed by atoms with Gasteiger partial charge in [0.2, 0.25) is 5.69 Å². The number of aryl methyl sites for hydroxylation is 1. The number of hydrogen-bond acceptors (Lipinski definition) is 0. The second-order valence-electron chi connectivity index (χ2n) is 9.91. The highest BCUT2D eigenvalue weighted by atomic mass is 14.9. The van der Waals surface area contributed by atoms with Gasteiger partial charge in [-0.05, 0) is 72.2 Å². The van der Waals surface area contributed by atoms with Gasteiger partial charge >= 0.3 is 0 Å². The highest BCUT2D eigenvalue weighted by Crippen LogP contribution is 2.38. The Morgan fingerprint density at radius 3 is 2.43 bits per heavy atom. The highest BCUT2D eigenvalue weighted by molar-refractivity contribution is 5.94. The van der Waals surface area contributed by atoms with E-state index in [1.807, 2.05) is 0 Å². The zero-order valence-electron chi connectivity index (χ0n) is 19.9. The van der Waals surface area contributed by atoms with Crippen molar-refractivity contribution in [3.8, 4) is 11.3 Å². The molecule has 0 unspecified atom stereocenters. The molecule has 3 aromatic rings. The minimum Gasteiger partial charge on any atom is -0.198 e. The maximum atomic E-state index is 8.88. The minimum atomic E-state index is 0.680. The number of fused-ring (bicyclic) bond motifs is 1. The summed E-state index contributed by atoms with van der Waals surface area (Å²) < 4.78 is 11.1. The van der Waals surface area contributed by atoms with Crippen molar-refractivity contribution in [2.75, 3.05) is 0 Å². The molecule has 2 aromatic carbocycles. The third kappa shape index (κ3) is 3.68. The molecule has 1 nitrogen and oxygen atoms in total. The average molecular weight is 400 g/mol. The summed E-state index contributed by atoms with van der Waals surface area (Å²) in [5.41, 5.74) is 7.88. The van der Waals surface area contributed by atoms with Gasteiger partial charge in [-0.2, -0.15) is 4.57 Å². The van der Waals surface area contributed by atoms with Gasteiger partial charge in [-0.25, -0.2) is 0 Å². The lowest BCUT2D eigenvalue weighted by atomic mass is 9.90. The molecule has 0 atom stereocenters. The van der Waals surface area contributed by atoms with Crippen LogP contribution in [0.1, 0.15) is 81.0 Å². The summed E-state index contributed by atoms with van der Waals surface area (Å²) in [5.74, 6) is 1.54. The van der Waals surface area contributed by atoms with Crippen LogP contribution in [-0.4, -0.2) is 0 Å². The first-order valence-corrected chi connectivity index (χ1v) is 12.1. The number of hydrogen-bond donors (Lipinski definition) is 0. The summed E-state index contributed by atoms with van der Waals surface area (Å²) >= 11 is 0. The van der Waals surface area contributed by atoms with Gasteiger partial charge in [0.15, 0.2) is 5.69 Å². The molecule has 1 heterocycles. The van der Waals surface area contributed by atoms with Gasteiger partial charge in [-0.15, -0.1) is 0 Å². The van der Waals surface area contributed by atoms with Gasteiger partial charge in [-0.1, -0.05) is 62.8 Å². The zero-order valence-corrected chi connectivity index (χ0v) is 18.9. The molecule has 0 spiro atoms. The van der Waals surface area contributed by atoms with Gasteiger partial charge in [0, 0.05) is 18.5 Å². The van der Waals surface area contributed by atoms with Gasteiger partial charge in [-0.3, -0.25) is 0 Å². The van der Waals surface area contributed by atoms with Crippen LogP contribution in [0.15, 0.2) is 42.4 Å². The number of pyridine rings is 1. The van der Waals surface area contributed by atoms with Crippen LogP contribution in [0, 0.1) is 19.8 Å². The molecular weight excluding hydrogens is 362 g/mol. The molecule has 2 aliphatic rings. The lowest BCUT2D eigenvalue weighted by Crippen LogP contribution is -2.35. The molecule has 2 aliphatic carbocycles. The smallest absolute Gasteiger partial charge is 0.198 e. The van der Waals surface area contributed by atoms with Crippen molar-refractivity contribution in [1.82, 2.24) is 0 Å². The van der Waals surface area contributed by atoms with E-state index < -0.39 is 0 Å². The van der Waals surface area contributed by atoms with E-state index in [1.165, 1.54) is 91.1 Å². The molecule has 0 bridgehead atoms. The van der Waals surface area contributed by atoms with Crippen LogP contribution in [0.2, 0.25) is 0 Å². The van der Waals surface area contributed by atoms with Crippen LogP contribution >= 0.6 is 0 Å². The largest absolute Gasteiger partial charge is 0.220 e. The van der Waals surface area contributed by atoms with Crippen LogP contribution in [-0.2, 0) is 13.5 Å². The van der Waals surface area contributed by atoms with Crippen molar-refractivity contribution in [3.63, 3.8) is 0 Å². The number of nitrogens with zero attached hydrogens (tertiary/aromatic N) is 1. The normalized spacial score (nSPS) is 18.4.